The molecule has 14 heteroatoms. The Morgan fingerprint density at radius 2 is 1.45 bits per heavy atom. The number of fused-ring (bicyclic) bond motifs is 1. The Hall–Kier alpha value is -3.07. The number of rotatable bonds is 5. The molecule has 0 unspecified atom stereocenters. The molecule has 0 bridgehead atoms. The van der Waals surface area contributed by atoms with Crippen LogP contribution in [0, 0.1) is 11.3 Å². The Morgan fingerprint density at radius 1 is 0.905 bits per heavy atom. The van der Waals surface area contributed by atoms with E-state index in [4.69, 9.17) is 28.4 Å². The second-order valence-corrected chi connectivity index (χ2v) is 12.1. The topological polar surface area (TPSA) is 205 Å². The van der Waals surface area contributed by atoms with Crippen molar-refractivity contribution in [3.63, 3.8) is 0 Å². The fourth-order valence-corrected chi connectivity index (χ4v) is 7.16. The van der Waals surface area contributed by atoms with Gasteiger partial charge < -0.3 is 43.7 Å². The van der Waals surface area contributed by atoms with Crippen LogP contribution >= 0.6 is 0 Å². The lowest BCUT2D eigenvalue weighted by Crippen LogP contribution is -2.72. The molecule has 0 amide bonds. The van der Waals surface area contributed by atoms with Gasteiger partial charge in [-0.05, 0) is 25.5 Å². The molecule has 42 heavy (non-hydrogen) atoms. The molecule has 11 atom stereocenters. The lowest BCUT2D eigenvalue weighted by Gasteiger charge is -2.59. The quantitative estimate of drug-likeness (QED) is 0.160. The SMILES string of the molecule is CC(=O)OC/C1=C/[C@@H]2OC(=O)[C@]3(C)O[C@]23[C@@H](OC(C)=O)[C@H]2[C@](C)(O)[C@H](O)C[C@H](OC(C)=O)[C@]2(C)[C@@H](OC(C)=O)C[C@H]1O. The molecule has 1 spiro atoms. The molecule has 0 aromatic heterocycles. The predicted octanol–water partition coefficient (Wildman–Crippen LogP) is -0.373. The summed E-state index contributed by atoms with van der Waals surface area (Å²) in [5.41, 5.74) is -7.28. The molecule has 0 radical (unpaired) electrons. The second-order valence-electron chi connectivity index (χ2n) is 12.1. The number of aliphatic hydroxyl groups is 3. The first kappa shape index (κ1) is 31.9. The van der Waals surface area contributed by atoms with Gasteiger partial charge in [-0.15, -0.1) is 0 Å². The molecule has 1 saturated carbocycles. The zero-order valence-corrected chi connectivity index (χ0v) is 24.6. The van der Waals surface area contributed by atoms with E-state index in [0.717, 1.165) is 27.7 Å². The summed E-state index contributed by atoms with van der Waals surface area (Å²) < 4.78 is 34.1. The fourth-order valence-electron chi connectivity index (χ4n) is 7.16. The van der Waals surface area contributed by atoms with Crippen LogP contribution in [0.2, 0.25) is 0 Å². The minimum Gasteiger partial charge on any atom is -0.462 e. The van der Waals surface area contributed by atoms with Crippen LogP contribution in [0.15, 0.2) is 11.6 Å². The molecule has 2 aliphatic carbocycles. The average molecular weight is 599 g/mol. The average Bonchev–Trinajstić information content (AvgIpc) is 3.43. The van der Waals surface area contributed by atoms with E-state index in [-0.39, 0.29) is 18.4 Å². The van der Waals surface area contributed by atoms with Crippen molar-refractivity contribution in [2.24, 2.45) is 11.3 Å². The second kappa shape index (κ2) is 10.6. The molecule has 234 valence electrons. The fraction of sp³-hybridized carbons (Fsp3) is 0.750. The Morgan fingerprint density at radius 3 is 1.95 bits per heavy atom. The molecular weight excluding hydrogens is 560 g/mol. The minimum atomic E-state index is -2.13. The van der Waals surface area contributed by atoms with Crippen LogP contribution in [0.3, 0.4) is 0 Å². The highest BCUT2D eigenvalue weighted by Crippen LogP contribution is 2.66. The Labute approximate surface area is 242 Å². The van der Waals surface area contributed by atoms with E-state index in [1.54, 1.807) is 0 Å². The standard InChI is InChI=1S/C28H38O14/c1-12(29)37-11-16-8-21-28(27(7,42-28)24(35)41-21)23(40-15(4)32)22-25(5,19(9-17(16)33)38-13(2)30)20(39-14(3)31)10-18(34)26(22,6)36/h8,17-23,33-34,36H,9-11H2,1-7H3/b16-8-/t17-,18-,19+,20+,21+,22-,23+,25+,26-,27+,28+/m1/s1. The van der Waals surface area contributed by atoms with Crippen molar-refractivity contribution in [3.8, 4) is 0 Å². The largest absolute Gasteiger partial charge is 0.462 e. The first-order valence-electron chi connectivity index (χ1n) is 13.7. The van der Waals surface area contributed by atoms with Gasteiger partial charge in [-0.2, -0.15) is 0 Å². The third-order valence-corrected chi connectivity index (χ3v) is 9.23. The maximum atomic E-state index is 13.2. The Bertz CT molecular complexity index is 1210. The molecule has 14 nitrogen and oxygen atoms in total. The van der Waals surface area contributed by atoms with E-state index in [1.807, 2.05) is 0 Å². The lowest BCUT2D eigenvalue weighted by molar-refractivity contribution is -0.275. The summed E-state index contributed by atoms with van der Waals surface area (Å²) >= 11 is 0. The van der Waals surface area contributed by atoms with Gasteiger partial charge in [0.25, 0.3) is 0 Å². The first-order chi connectivity index (χ1) is 19.3. The Balaban J connectivity index is 2.06. The predicted molar refractivity (Wildman–Crippen MR) is 137 cm³/mol. The van der Waals surface area contributed by atoms with E-state index in [2.05, 4.69) is 0 Å². The maximum absolute atomic E-state index is 13.2. The van der Waals surface area contributed by atoms with Crippen LogP contribution < -0.4 is 0 Å². The highest BCUT2D eigenvalue weighted by Gasteiger charge is 2.88. The number of epoxide rings is 1. The molecule has 3 fully saturated rings. The summed E-state index contributed by atoms with van der Waals surface area (Å²) in [7, 11) is 0. The van der Waals surface area contributed by atoms with Crippen molar-refractivity contribution >= 4 is 29.8 Å². The number of hydrogen-bond donors (Lipinski definition) is 3. The summed E-state index contributed by atoms with van der Waals surface area (Å²) in [6, 6.07) is 0. The van der Waals surface area contributed by atoms with Gasteiger partial charge in [0.05, 0.1) is 23.2 Å². The number of aliphatic hydroxyl groups excluding tert-OH is 2. The van der Waals surface area contributed by atoms with E-state index in [0.29, 0.717) is 0 Å². The summed E-state index contributed by atoms with van der Waals surface area (Å²) in [5.74, 6) is -5.31. The van der Waals surface area contributed by atoms with Crippen LogP contribution in [-0.2, 0) is 52.4 Å². The monoisotopic (exact) mass is 598 g/mol. The highest BCUT2D eigenvalue weighted by molar-refractivity contribution is 5.89. The van der Waals surface area contributed by atoms with Crippen molar-refractivity contribution < 1.29 is 67.7 Å². The van der Waals surface area contributed by atoms with Crippen LogP contribution in [0.25, 0.3) is 0 Å². The van der Waals surface area contributed by atoms with E-state index in [9.17, 15) is 39.3 Å². The van der Waals surface area contributed by atoms with Crippen LogP contribution in [0.4, 0.5) is 0 Å². The van der Waals surface area contributed by atoms with Crippen LogP contribution in [-0.4, -0.2) is 105 Å². The number of carbonyl (C=O) groups excluding carboxylic acids is 5. The van der Waals surface area contributed by atoms with Crippen LogP contribution in [0.5, 0.6) is 0 Å². The van der Waals surface area contributed by atoms with Gasteiger partial charge in [0.15, 0.2) is 17.3 Å². The lowest BCUT2D eigenvalue weighted by atomic mass is 9.51. The third kappa shape index (κ3) is 4.87. The van der Waals surface area contributed by atoms with Crippen molar-refractivity contribution in [1.29, 1.82) is 0 Å². The summed E-state index contributed by atoms with van der Waals surface area (Å²) in [5, 5.41) is 34.7. The van der Waals surface area contributed by atoms with Gasteiger partial charge in [0, 0.05) is 46.5 Å². The number of esters is 5. The zero-order valence-electron chi connectivity index (χ0n) is 24.6. The molecule has 2 heterocycles. The summed E-state index contributed by atoms with van der Waals surface area (Å²) in [4.78, 5) is 62.3. The smallest absolute Gasteiger partial charge is 0.342 e. The van der Waals surface area contributed by atoms with Gasteiger partial charge in [0.1, 0.15) is 24.9 Å². The third-order valence-electron chi connectivity index (χ3n) is 9.23. The molecule has 2 saturated heterocycles. The molecule has 4 rings (SSSR count). The molecule has 4 aliphatic rings. The normalized spacial score (nSPS) is 45.4. The van der Waals surface area contributed by atoms with E-state index in [1.165, 1.54) is 26.8 Å². The van der Waals surface area contributed by atoms with Gasteiger partial charge in [-0.3, -0.25) is 19.2 Å². The highest BCUT2D eigenvalue weighted by atomic mass is 16.7. The van der Waals surface area contributed by atoms with Crippen molar-refractivity contribution in [2.75, 3.05) is 6.61 Å². The Kier molecular flexibility index (Phi) is 8.02. The molecular formula is C28H38O14. The zero-order chi connectivity index (χ0) is 31.6. The van der Waals surface area contributed by atoms with Crippen LogP contribution in [0.1, 0.15) is 61.3 Å². The van der Waals surface area contributed by atoms with Gasteiger partial charge in [-0.25, -0.2) is 4.79 Å². The number of carbonyl (C=O) groups is 5. The molecule has 0 aromatic rings. The van der Waals surface area contributed by atoms with Gasteiger partial charge in [-0.1, -0.05) is 6.92 Å². The van der Waals surface area contributed by atoms with E-state index < -0.39 is 101 Å². The molecule has 0 aromatic carbocycles. The number of ether oxygens (including phenoxy) is 6. The van der Waals surface area contributed by atoms with Crippen molar-refractivity contribution in [3.05, 3.63) is 11.6 Å². The number of hydrogen-bond acceptors (Lipinski definition) is 14. The first-order valence-corrected chi connectivity index (χ1v) is 13.7. The van der Waals surface area contributed by atoms with Crippen molar-refractivity contribution in [1.82, 2.24) is 0 Å². The van der Waals surface area contributed by atoms with Gasteiger partial charge >= 0.3 is 29.8 Å². The summed E-state index contributed by atoms with van der Waals surface area (Å²) in [6.45, 7) is 8.30. The van der Waals surface area contributed by atoms with E-state index >= 15 is 0 Å². The van der Waals surface area contributed by atoms with Crippen molar-refractivity contribution in [2.45, 2.75) is 115 Å². The minimum absolute atomic E-state index is 0.0644. The molecule has 2 aliphatic heterocycles. The van der Waals surface area contributed by atoms with Gasteiger partial charge in [0.2, 0.25) is 0 Å². The molecule has 3 N–H and O–H groups in total. The summed E-state index contributed by atoms with van der Waals surface area (Å²) in [6.07, 6.45) is -7.91. The maximum Gasteiger partial charge on any atom is 0.342 e.